The first-order valence-corrected chi connectivity index (χ1v) is 17.3. The molecule has 0 atom stereocenters. The second-order valence-corrected chi connectivity index (χ2v) is 14.6. The van der Waals surface area contributed by atoms with Crippen LogP contribution in [0.2, 0.25) is 0 Å². The molecule has 1 saturated heterocycles. The van der Waals surface area contributed by atoms with E-state index in [1.807, 2.05) is 0 Å². The molecule has 3 nitrogen and oxygen atoms in total. The zero-order valence-corrected chi connectivity index (χ0v) is 27.6. The minimum atomic E-state index is -1.95. The fraction of sp³-hybridized carbons (Fsp3) is 0.205. The Kier molecular flexibility index (Phi) is 11.7. The van der Waals surface area contributed by atoms with Crippen LogP contribution in [0.3, 0.4) is 0 Å². The zero-order valence-electron chi connectivity index (χ0n) is 25.1. The quantitative estimate of drug-likeness (QED) is 0.200. The predicted molar refractivity (Wildman–Crippen MR) is 184 cm³/mol. The Hall–Kier alpha value is -3.40. The fourth-order valence-electron chi connectivity index (χ4n) is 6.06. The van der Waals surface area contributed by atoms with E-state index in [9.17, 15) is 0 Å². The molecule has 0 unspecified atom stereocenters. The third-order valence-electron chi connectivity index (χ3n) is 8.25. The maximum absolute atomic E-state index is 5.48. The number of halogens is 1. The van der Waals surface area contributed by atoms with Crippen LogP contribution in [0.1, 0.15) is 28.9 Å². The fourth-order valence-corrected chi connectivity index (χ4v) is 10.3. The molecule has 5 heteroatoms. The van der Waals surface area contributed by atoms with Crippen molar-refractivity contribution in [3.63, 3.8) is 0 Å². The first-order chi connectivity index (χ1) is 21.3. The summed E-state index contributed by atoms with van der Waals surface area (Å²) in [6.45, 7) is 4.90. The van der Waals surface area contributed by atoms with Crippen molar-refractivity contribution in [3.8, 4) is 0 Å². The Morgan fingerprint density at radius 1 is 0.659 bits per heavy atom. The average Bonchev–Trinajstić information content (AvgIpc) is 3.08. The van der Waals surface area contributed by atoms with E-state index in [4.69, 9.17) is 9.72 Å². The van der Waals surface area contributed by atoms with Crippen LogP contribution in [-0.4, -0.2) is 42.7 Å². The third-order valence-corrected chi connectivity index (χ3v) is 12.6. The molecule has 0 bridgehead atoms. The van der Waals surface area contributed by atoms with E-state index in [1.165, 1.54) is 27.0 Å². The van der Waals surface area contributed by atoms with Crippen LogP contribution in [0.25, 0.3) is 12.2 Å². The highest BCUT2D eigenvalue weighted by atomic mass is 79.9. The number of benzene rings is 4. The second kappa shape index (κ2) is 16.1. The van der Waals surface area contributed by atoms with Gasteiger partial charge in [0.1, 0.15) is 23.2 Å². The van der Waals surface area contributed by atoms with E-state index < -0.39 is 7.26 Å². The van der Waals surface area contributed by atoms with E-state index in [-0.39, 0.29) is 17.0 Å². The van der Waals surface area contributed by atoms with Gasteiger partial charge in [-0.1, -0.05) is 84.9 Å². The molecule has 0 aliphatic carbocycles. The van der Waals surface area contributed by atoms with Gasteiger partial charge in [0, 0.05) is 18.8 Å². The maximum Gasteiger partial charge on any atom is 0.116 e. The summed E-state index contributed by atoms with van der Waals surface area (Å²) in [6.07, 6.45) is 7.44. The van der Waals surface area contributed by atoms with E-state index in [2.05, 4.69) is 151 Å². The Labute approximate surface area is 273 Å². The molecule has 0 spiro atoms. The Balaban J connectivity index is 0.00000384. The van der Waals surface area contributed by atoms with Crippen LogP contribution in [0.15, 0.2) is 133 Å². The van der Waals surface area contributed by atoms with Gasteiger partial charge < -0.3 is 21.7 Å². The molecule has 1 aromatic heterocycles. The molecule has 0 saturated carbocycles. The molecule has 1 fully saturated rings. The van der Waals surface area contributed by atoms with Crippen molar-refractivity contribution in [2.45, 2.75) is 19.0 Å². The number of nitrogens with zero attached hydrogens (tertiary/aromatic N) is 2. The van der Waals surface area contributed by atoms with Gasteiger partial charge in [0.2, 0.25) is 0 Å². The van der Waals surface area contributed by atoms with Gasteiger partial charge in [0.05, 0.1) is 25.1 Å². The van der Waals surface area contributed by atoms with E-state index in [0.717, 1.165) is 63.2 Å². The predicted octanol–water partition coefficient (Wildman–Crippen LogP) is 4.01. The number of aromatic nitrogens is 1. The van der Waals surface area contributed by atoms with E-state index in [0.29, 0.717) is 0 Å². The monoisotopic (exact) mass is 662 g/mol. The van der Waals surface area contributed by atoms with E-state index in [1.54, 1.807) is 0 Å². The summed E-state index contributed by atoms with van der Waals surface area (Å²) in [6, 6.07) is 48.7. The normalized spacial score (nSPS) is 13.9. The number of rotatable bonds is 11. The highest BCUT2D eigenvalue weighted by molar-refractivity contribution is 7.95. The SMILES string of the molecule is C(=C/c1cccc(CCCN2CCOCC2)n1)/c1cccc(C[P+](c2ccccc2)(c2ccccc2)c2ccccc2)c1.[Br-]. The number of pyridine rings is 1. The van der Waals surface area contributed by atoms with Crippen molar-refractivity contribution in [2.24, 2.45) is 0 Å². The van der Waals surface area contributed by atoms with Crippen LogP contribution in [-0.2, 0) is 17.3 Å². The van der Waals surface area contributed by atoms with Crippen LogP contribution >= 0.6 is 7.26 Å². The van der Waals surface area contributed by atoms with Gasteiger partial charge in [-0.3, -0.25) is 9.88 Å². The lowest BCUT2D eigenvalue weighted by molar-refractivity contribution is -0.0000101. The topological polar surface area (TPSA) is 25.4 Å². The third kappa shape index (κ3) is 8.00. The van der Waals surface area contributed by atoms with Gasteiger partial charge in [-0.25, -0.2) is 0 Å². The second-order valence-electron chi connectivity index (χ2n) is 11.2. The lowest BCUT2D eigenvalue weighted by atomic mass is 10.1. The smallest absolute Gasteiger partial charge is 0.116 e. The molecule has 4 aromatic carbocycles. The summed E-state index contributed by atoms with van der Waals surface area (Å²) in [5, 5.41) is 4.22. The van der Waals surface area contributed by atoms with Gasteiger partial charge in [0.25, 0.3) is 0 Å². The van der Waals surface area contributed by atoms with E-state index >= 15 is 0 Å². The number of hydrogen-bond acceptors (Lipinski definition) is 3. The van der Waals surface area contributed by atoms with Crippen molar-refractivity contribution in [1.82, 2.24) is 9.88 Å². The first kappa shape index (κ1) is 32.0. The van der Waals surface area contributed by atoms with Crippen LogP contribution < -0.4 is 32.9 Å². The van der Waals surface area contributed by atoms with Crippen LogP contribution in [0.5, 0.6) is 0 Å². The van der Waals surface area contributed by atoms with Gasteiger partial charge in [0.15, 0.2) is 0 Å². The largest absolute Gasteiger partial charge is 1.00 e. The van der Waals surface area contributed by atoms with Gasteiger partial charge in [-0.2, -0.15) is 0 Å². The molecular formula is C39H40BrN2OP. The molecule has 2 heterocycles. The number of aryl methyl sites for hydroxylation is 1. The van der Waals surface area contributed by atoms with Gasteiger partial charge >= 0.3 is 0 Å². The standard InChI is InChI=1S/C39H40N2OP.BrH/c1-4-18-37(19-5-1)43(38-20-6-2-7-21-38,39-22-8-3-9-23-39)32-34-14-10-13-33(31-34)24-25-36-16-11-15-35(40-36)17-12-26-41-27-29-42-30-28-41;/h1-11,13-16,18-25,31H,12,17,26-30,32H2;1H/q+1;/p-1/b25-24-;. The molecule has 224 valence electrons. The maximum atomic E-state index is 5.48. The van der Waals surface area contributed by atoms with Crippen molar-refractivity contribution in [2.75, 3.05) is 32.8 Å². The summed E-state index contributed by atoms with van der Waals surface area (Å²) < 4.78 is 5.48. The lowest BCUT2D eigenvalue weighted by Crippen LogP contribution is -3.00. The molecule has 1 aliphatic heterocycles. The average molecular weight is 664 g/mol. The number of hydrogen-bond donors (Lipinski definition) is 0. The van der Waals surface area contributed by atoms with Gasteiger partial charge in [-0.05, 0) is 91.2 Å². The molecule has 1 aliphatic rings. The highest BCUT2D eigenvalue weighted by Gasteiger charge is 2.45. The molecular weight excluding hydrogens is 623 g/mol. The van der Waals surface area contributed by atoms with Crippen LogP contribution in [0.4, 0.5) is 0 Å². The number of morpholine rings is 1. The Morgan fingerprint density at radius 3 is 1.86 bits per heavy atom. The zero-order chi connectivity index (χ0) is 29.2. The molecule has 6 rings (SSSR count). The summed E-state index contributed by atoms with van der Waals surface area (Å²) in [7, 11) is -1.95. The van der Waals surface area contributed by atoms with Crippen molar-refractivity contribution in [1.29, 1.82) is 0 Å². The van der Waals surface area contributed by atoms with Crippen molar-refractivity contribution < 1.29 is 21.7 Å². The summed E-state index contributed by atoms with van der Waals surface area (Å²) in [4.78, 5) is 7.44. The highest BCUT2D eigenvalue weighted by Crippen LogP contribution is 2.58. The lowest BCUT2D eigenvalue weighted by Gasteiger charge is -2.28. The van der Waals surface area contributed by atoms with Crippen LogP contribution in [0, 0.1) is 0 Å². The Morgan fingerprint density at radius 2 is 1.25 bits per heavy atom. The van der Waals surface area contributed by atoms with Crippen molar-refractivity contribution in [3.05, 3.63) is 156 Å². The molecule has 5 aromatic rings. The van der Waals surface area contributed by atoms with Gasteiger partial charge in [-0.15, -0.1) is 0 Å². The summed E-state index contributed by atoms with van der Waals surface area (Å²) >= 11 is 0. The molecule has 44 heavy (non-hydrogen) atoms. The number of ether oxygens (including phenoxy) is 1. The molecule has 0 N–H and O–H groups in total. The van der Waals surface area contributed by atoms with Crippen molar-refractivity contribution >= 4 is 35.3 Å². The minimum absolute atomic E-state index is 0. The molecule has 0 amide bonds. The summed E-state index contributed by atoms with van der Waals surface area (Å²) in [5.74, 6) is 0. The first-order valence-electron chi connectivity index (χ1n) is 15.4. The minimum Gasteiger partial charge on any atom is -1.00 e. The Bertz CT molecular complexity index is 1510. The molecule has 0 radical (unpaired) electrons. The summed E-state index contributed by atoms with van der Waals surface area (Å²) in [5.41, 5.74) is 4.71.